The van der Waals surface area contributed by atoms with E-state index in [-0.39, 0.29) is 42.5 Å². The molecule has 0 saturated heterocycles. The fourth-order valence-electron chi connectivity index (χ4n) is 4.68. The third-order valence-corrected chi connectivity index (χ3v) is 6.49. The highest BCUT2D eigenvalue weighted by atomic mass is 16.2. The average molecular weight is 476 g/mol. The van der Waals surface area contributed by atoms with E-state index in [1.165, 1.54) is 15.0 Å². The van der Waals surface area contributed by atoms with Gasteiger partial charge in [-0.3, -0.25) is 19.1 Å². The maximum atomic E-state index is 13.8. The minimum absolute atomic E-state index is 0.0105. The summed E-state index contributed by atoms with van der Waals surface area (Å²) in [6.45, 7) is 6.67. The van der Waals surface area contributed by atoms with Crippen molar-refractivity contribution in [2.45, 2.75) is 46.2 Å². The number of H-pyrrole nitrogens is 1. The summed E-state index contributed by atoms with van der Waals surface area (Å²) in [5, 5.41) is 0. The van der Waals surface area contributed by atoms with Crippen LogP contribution in [0.2, 0.25) is 0 Å². The van der Waals surface area contributed by atoms with Crippen molar-refractivity contribution in [3.05, 3.63) is 86.6 Å². The molecule has 1 amide bonds. The third kappa shape index (κ3) is 5.16. The van der Waals surface area contributed by atoms with Crippen LogP contribution in [0.15, 0.2) is 64.2 Å². The Balaban J connectivity index is 1.72. The van der Waals surface area contributed by atoms with Gasteiger partial charge in [0, 0.05) is 18.3 Å². The predicted molar refractivity (Wildman–Crippen MR) is 140 cm³/mol. The average Bonchev–Trinajstić information content (AvgIpc) is 2.83. The van der Waals surface area contributed by atoms with Crippen molar-refractivity contribution in [3.63, 3.8) is 0 Å². The van der Waals surface area contributed by atoms with Crippen molar-refractivity contribution in [2.24, 2.45) is 5.92 Å². The minimum atomic E-state index is -0.655. The van der Waals surface area contributed by atoms with E-state index in [0.717, 1.165) is 24.1 Å². The number of carbonyl (C=O) groups is 1. The van der Waals surface area contributed by atoms with Crippen LogP contribution in [0, 0.1) is 5.92 Å². The monoisotopic (exact) mass is 475 g/mol. The molecule has 8 heteroatoms. The molecule has 3 N–H and O–H groups in total. The number of aromatic nitrogens is 2. The molecule has 2 heterocycles. The lowest BCUT2D eigenvalue weighted by atomic mass is 9.96. The highest BCUT2D eigenvalue weighted by Crippen LogP contribution is 2.31. The highest BCUT2D eigenvalue weighted by Gasteiger charge is 2.30. The quantitative estimate of drug-likeness (QED) is 0.547. The Morgan fingerprint density at radius 3 is 2.51 bits per heavy atom. The van der Waals surface area contributed by atoms with Gasteiger partial charge in [-0.1, -0.05) is 62.4 Å². The van der Waals surface area contributed by atoms with Crippen LogP contribution in [-0.4, -0.2) is 34.6 Å². The fourth-order valence-corrected chi connectivity index (χ4v) is 4.68. The topological polar surface area (TPSA) is 104 Å². The Kier molecular flexibility index (Phi) is 7.10. The Hall–Kier alpha value is -3.81. The van der Waals surface area contributed by atoms with Crippen LogP contribution in [0.5, 0.6) is 0 Å². The van der Waals surface area contributed by atoms with Crippen molar-refractivity contribution in [3.8, 4) is 0 Å². The first-order valence-electron chi connectivity index (χ1n) is 12.1. The second kappa shape index (κ2) is 10.2. The number of carbonyl (C=O) groups excluding carboxylic acids is 1. The second-order valence-corrected chi connectivity index (χ2v) is 9.61. The summed E-state index contributed by atoms with van der Waals surface area (Å²) in [5.41, 5.74) is 8.30. The van der Waals surface area contributed by atoms with Crippen molar-refractivity contribution in [2.75, 3.05) is 28.6 Å². The number of rotatable bonds is 7. The van der Waals surface area contributed by atoms with E-state index in [0.29, 0.717) is 6.54 Å². The molecule has 2 aromatic carbocycles. The molecule has 0 spiro atoms. The summed E-state index contributed by atoms with van der Waals surface area (Å²) < 4.78 is 1.31. The highest BCUT2D eigenvalue weighted by molar-refractivity contribution is 5.98. The molecule has 8 nitrogen and oxygen atoms in total. The summed E-state index contributed by atoms with van der Waals surface area (Å²) in [4.78, 5) is 45.3. The maximum absolute atomic E-state index is 13.8. The second-order valence-electron chi connectivity index (χ2n) is 9.61. The molecular formula is C27H33N5O3. The number of nitrogen functional groups attached to an aromatic ring is 1. The predicted octanol–water partition coefficient (Wildman–Crippen LogP) is 3.00. The number of anilines is 3. The van der Waals surface area contributed by atoms with Gasteiger partial charge in [0.25, 0.3) is 5.56 Å². The van der Waals surface area contributed by atoms with Gasteiger partial charge in [0.2, 0.25) is 5.91 Å². The Morgan fingerprint density at radius 1 is 1.11 bits per heavy atom. The Morgan fingerprint density at radius 2 is 1.80 bits per heavy atom. The van der Waals surface area contributed by atoms with E-state index < -0.39 is 11.2 Å². The van der Waals surface area contributed by atoms with Crippen molar-refractivity contribution < 1.29 is 4.79 Å². The summed E-state index contributed by atoms with van der Waals surface area (Å²) in [6.07, 6.45) is 1.91. The van der Waals surface area contributed by atoms with Crippen LogP contribution in [0.25, 0.3) is 0 Å². The molecule has 1 unspecified atom stereocenters. The van der Waals surface area contributed by atoms with E-state index in [9.17, 15) is 14.4 Å². The van der Waals surface area contributed by atoms with Gasteiger partial charge in [-0.15, -0.1) is 0 Å². The summed E-state index contributed by atoms with van der Waals surface area (Å²) >= 11 is 0. The molecule has 0 radical (unpaired) electrons. The molecule has 3 aromatic rings. The van der Waals surface area contributed by atoms with E-state index >= 15 is 0 Å². The Bertz CT molecular complexity index is 1310. The molecule has 1 aromatic heterocycles. The van der Waals surface area contributed by atoms with Gasteiger partial charge in [0.15, 0.2) is 5.69 Å². The van der Waals surface area contributed by atoms with Crippen LogP contribution in [-0.2, 0) is 17.8 Å². The van der Waals surface area contributed by atoms with Gasteiger partial charge in [-0.2, -0.15) is 0 Å². The molecular weight excluding hydrogens is 442 g/mol. The van der Waals surface area contributed by atoms with Crippen molar-refractivity contribution in [1.29, 1.82) is 0 Å². The lowest BCUT2D eigenvalue weighted by molar-refractivity contribution is -0.117. The lowest BCUT2D eigenvalue weighted by Gasteiger charge is -2.38. The first-order chi connectivity index (χ1) is 16.8. The third-order valence-electron chi connectivity index (χ3n) is 6.49. The van der Waals surface area contributed by atoms with Gasteiger partial charge in [0.1, 0.15) is 5.82 Å². The number of aryl methyl sites for hydroxylation is 1. The number of para-hydroxylation sites is 1. The number of fused-ring (bicyclic) bond motifs is 1. The van der Waals surface area contributed by atoms with Crippen LogP contribution < -0.4 is 26.8 Å². The zero-order chi connectivity index (χ0) is 25.1. The minimum Gasteiger partial charge on any atom is -0.383 e. The van der Waals surface area contributed by atoms with Crippen LogP contribution in [0.4, 0.5) is 17.2 Å². The standard InChI is InChI=1S/C27H33N5O3/c1-18(2)15-31(23(33)17-30-19(3)13-14-21-11-7-8-12-22(21)30)24-25(28)32(27(35)29-26(24)34)16-20-9-5-4-6-10-20/h4-12,18-19H,13-17,28H2,1-3H3,(H,29,34,35). The first kappa shape index (κ1) is 24.3. The van der Waals surface area contributed by atoms with E-state index in [1.807, 2.05) is 62.4 Å². The molecule has 1 aliphatic heterocycles. The number of nitrogens with zero attached hydrogens (tertiary/aromatic N) is 3. The normalized spacial score (nSPS) is 15.2. The molecule has 4 rings (SSSR count). The van der Waals surface area contributed by atoms with Gasteiger partial charge < -0.3 is 15.5 Å². The Labute approximate surface area is 205 Å². The number of aromatic amines is 1. The molecule has 1 aliphatic rings. The molecule has 35 heavy (non-hydrogen) atoms. The first-order valence-corrected chi connectivity index (χ1v) is 12.1. The summed E-state index contributed by atoms with van der Waals surface area (Å²) in [5.74, 6) is -0.161. The summed E-state index contributed by atoms with van der Waals surface area (Å²) in [6, 6.07) is 17.7. The van der Waals surface area contributed by atoms with Gasteiger partial charge in [-0.25, -0.2) is 4.79 Å². The van der Waals surface area contributed by atoms with E-state index in [1.54, 1.807) is 0 Å². The molecule has 184 valence electrons. The molecule has 0 aliphatic carbocycles. The number of hydrogen-bond donors (Lipinski definition) is 2. The van der Waals surface area contributed by atoms with Crippen molar-refractivity contribution in [1.82, 2.24) is 9.55 Å². The lowest BCUT2D eigenvalue weighted by Crippen LogP contribution is -2.49. The molecule has 0 bridgehead atoms. The zero-order valence-corrected chi connectivity index (χ0v) is 20.5. The van der Waals surface area contributed by atoms with Crippen LogP contribution in [0.3, 0.4) is 0 Å². The maximum Gasteiger partial charge on any atom is 0.330 e. The van der Waals surface area contributed by atoms with Gasteiger partial charge >= 0.3 is 5.69 Å². The number of nitrogens with two attached hydrogens (primary N) is 1. The smallest absolute Gasteiger partial charge is 0.330 e. The number of nitrogens with one attached hydrogen (secondary N) is 1. The number of benzene rings is 2. The SMILES string of the molecule is CC(C)CN(C(=O)CN1c2ccccc2CCC1C)c1c(N)n(Cc2ccccc2)c(=O)[nH]c1=O. The number of amides is 1. The van der Waals surface area contributed by atoms with Crippen LogP contribution >= 0.6 is 0 Å². The summed E-state index contributed by atoms with van der Waals surface area (Å²) in [7, 11) is 0. The molecule has 0 fully saturated rings. The van der Waals surface area contributed by atoms with E-state index in [2.05, 4.69) is 22.9 Å². The number of hydrogen-bond acceptors (Lipinski definition) is 5. The zero-order valence-electron chi connectivity index (χ0n) is 20.5. The van der Waals surface area contributed by atoms with Gasteiger partial charge in [0.05, 0.1) is 13.1 Å². The van der Waals surface area contributed by atoms with E-state index in [4.69, 9.17) is 5.73 Å². The molecule has 0 saturated carbocycles. The fraction of sp³-hybridized carbons (Fsp3) is 0.370. The van der Waals surface area contributed by atoms with Crippen molar-refractivity contribution >= 4 is 23.1 Å². The van der Waals surface area contributed by atoms with Gasteiger partial charge in [-0.05, 0) is 42.9 Å². The molecule has 1 atom stereocenters. The van der Waals surface area contributed by atoms with Crippen LogP contribution in [0.1, 0.15) is 38.3 Å². The largest absolute Gasteiger partial charge is 0.383 e.